The molecule has 0 spiro atoms. The fraction of sp³-hybridized carbons (Fsp3) is 0.0385. The Morgan fingerprint density at radius 3 is 2.64 bits per heavy atom. The Bertz CT molecular complexity index is 1400. The molecule has 0 aliphatic rings. The van der Waals surface area contributed by atoms with Gasteiger partial charge in [0.05, 0.1) is 23.4 Å². The number of rotatable bonds is 6. The molecule has 0 unspecified atom stereocenters. The molecule has 1 N–H and O–H groups in total. The van der Waals surface area contributed by atoms with Gasteiger partial charge in [0.25, 0.3) is 5.91 Å². The van der Waals surface area contributed by atoms with Gasteiger partial charge >= 0.3 is 0 Å². The molecule has 4 rings (SSSR count). The summed E-state index contributed by atoms with van der Waals surface area (Å²) in [5.41, 5.74) is 3.97. The van der Waals surface area contributed by atoms with Crippen LogP contribution in [0, 0.1) is 17.1 Å². The Labute approximate surface area is 198 Å². The topological polar surface area (TPSA) is 74.5 Å². The number of carbonyl (C=O) groups is 1. The van der Waals surface area contributed by atoms with Crippen LogP contribution in [-0.4, -0.2) is 12.1 Å². The summed E-state index contributed by atoms with van der Waals surface area (Å²) < 4.78 is 21.1. The predicted molar refractivity (Wildman–Crippen MR) is 129 cm³/mol. The van der Waals surface area contributed by atoms with Gasteiger partial charge in [-0.1, -0.05) is 58.4 Å². The summed E-state index contributed by atoms with van der Waals surface area (Å²) in [6.45, 7) is 0.356. The van der Waals surface area contributed by atoms with E-state index in [0.717, 1.165) is 26.9 Å². The summed E-state index contributed by atoms with van der Waals surface area (Å²) in [5.74, 6) is -0.907. The molecular formula is C26H17BrFN3O2. The second kappa shape index (κ2) is 10.1. The van der Waals surface area contributed by atoms with Crippen molar-refractivity contribution < 1.29 is 13.9 Å². The number of halogens is 2. The van der Waals surface area contributed by atoms with Crippen molar-refractivity contribution in [2.24, 2.45) is 5.10 Å². The van der Waals surface area contributed by atoms with Crippen LogP contribution >= 0.6 is 15.9 Å². The molecule has 1 amide bonds. The minimum absolute atomic E-state index is 0.135. The number of benzene rings is 4. The van der Waals surface area contributed by atoms with Crippen molar-refractivity contribution in [2.75, 3.05) is 0 Å². The number of carbonyl (C=O) groups excluding carboxylic acids is 1. The predicted octanol–water partition coefficient (Wildman–Crippen LogP) is 5.96. The monoisotopic (exact) mass is 501 g/mol. The van der Waals surface area contributed by atoms with Crippen molar-refractivity contribution in [2.45, 2.75) is 6.61 Å². The first-order valence-electron chi connectivity index (χ1n) is 9.97. The highest BCUT2D eigenvalue weighted by Gasteiger charge is 2.12. The van der Waals surface area contributed by atoms with Gasteiger partial charge in [-0.15, -0.1) is 0 Å². The molecule has 0 aliphatic carbocycles. The van der Waals surface area contributed by atoms with E-state index >= 15 is 0 Å². The van der Waals surface area contributed by atoms with E-state index in [1.54, 1.807) is 0 Å². The number of hydrazone groups is 1. The highest BCUT2D eigenvalue weighted by molar-refractivity contribution is 9.10. The van der Waals surface area contributed by atoms with E-state index in [2.05, 4.69) is 26.5 Å². The first-order chi connectivity index (χ1) is 16.0. The molecule has 4 aromatic carbocycles. The van der Waals surface area contributed by atoms with Gasteiger partial charge in [0.15, 0.2) is 0 Å². The van der Waals surface area contributed by atoms with Crippen molar-refractivity contribution in [1.29, 1.82) is 5.26 Å². The molecule has 162 valence electrons. The zero-order valence-corrected chi connectivity index (χ0v) is 18.8. The van der Waals surface area contributed by atoms with E-state index in [9.17, 15) is 9.18 Å². The number of hydrogen-bond donors (Lipinski definition) is 1. The molecule has 0 radical (unpaired) electrons. The van der Waals surface area contributed by atoms with E-state index in [0.29, 0.717) is 17.9 Å². The molecule has 0 bridgehead atoms. The first kappa shape index (κ1) is 22.2. The van der Waals surface area contributed by atoms with E-state index in [-0.39, 0.29) is 11.1 Å². The number of nitrogens with one attached hydrogen (secondary N) is 1. The zero-order chi connectivity index (χ0) is 23.2. The largest absolute Gasteiger partial charge is 0.488 e. The van der Waals surface area contributed by atoms with Gasteiger partial charge in [-0.25, -0.2) is 9.82 Å². The lowest BCUT2D eigenvalue weighted by Crippen LogP contribution is -2.19. The van der Waals surface area contributed by atoms with Crippen molar-refractivity contribution >= 4 is 38.8 Å². The normalized spacial score (nSPS) is 10.8. The van der Waals surface area contributed by atoms with Crippen molar-refractivity contribution in [1.82, 2.24) is 5.43 Å². The average molecular weight is 502 g/mol. The first-order valence-corrected chi connectivity index (χ1v) is 10.8. The summed E-state index contributed by atoms with van der Waals surface area (Å²) in [6, 6.07) is 24.8. The van der Waals surface area contributed by atoms with Crippen molar-refractivity contribution in [3.05, 3.63) is 111 Å². The molecule has 0 aromatic heterocycles. The number of hydrogen-bond acceptors (Lipinski definition) is 4. The fourth-order valence-electron chi connectivity index (χ4n) is 3.26. The molecule has 33 heavy (non-hydrogen) atoms. The van der Waals surface area contributed by atoms with Gasteiger partial charge in [0.1, 0.15) is 18.2 Å². The summed E-state index contributed by atoms with van der Waals surface area (Å²) in [4.78, 5) is 12.4. The van der Waals surface area contributed by atoms with Crippen molar-refractivity contribution in [3.63, 3.8) is 0 Å². The van der Waals surface area contributed by atoms with Crippen LogP contribution in [0.3, 0.4) is 0 Å². The minimum Gasteiger partial charge on any atom is -0.488 e. The summed E-state index contributed by atoms with van der Waals surface area (Å²) >= 11 is 3.42. The quantitative estimate of drug-likeness (QED) is 0.261. The molecular weight excluding hydrogens is 485 g/mol. The second-order valence-electron chi connectivity index (χ2n) is 7.12. The zero-order valence-electron chi connectivity index (χ0n) is 17.3. The third kappa shape index (κ3) is 5.25. The highest BCUT2D eigenvalue weighted by atomic mass is 79.9. The number of fused-ring (bicyclic) bond motifs is 1. The number of ether oxygens (including phenoxy) is 1. The molecule has 0 aliphatic heterocycles. The van der Waals surface area contributed by atoms with Crippen molar-refractivity contribution in [3.8, 4) is 11.8 Å². The Morgan fingerprint density at radius 1 is 1.09 bits per heavy atom. The Kier molecular flexibility index (Phi) is 6.77. The summed E-state index contributed by atoms with van der Waals surface area (Å²) in [5, 5.41) is 14.8. The van der Waals surface area contributed by atoms with Gasteiger partial charge in [0.2, 0.25) is 0 Å². The molecule has 0 saturated carbocycles. The van der Waals surface area contributed by atoms with Crippen LogP contribution in [0.5, 0.6) is 5.75 Å². The lowest BCUT2D eigenvalue weighted by Gasteiger charge is -2.12. The number of nitriles is 1. The lowest BCUT2D eigenvalue weighted by molar-refractivity contribution is 0.0951. The number of nitrogens with zero attached hydrogens (tertiary/aromatic N) is 2. The van der Waals surface area contributed by atoms with E-state index in [4.69, 9.17) is 10.00 Å². The van der Waals surface area contributed by atoms with Crippen LogP contribution in [0.2, 0.25) is 0 Å². The van der Waals surface area contributed by atoms with E-state index in [1.165, 1.54) is 18.3 Å². The second-order valence-corrected chi connectivity index (χ2v) is 8.03. The third-order valence-electron chi connectivity index (χ3n) is 4.94. The smallest absolute Gasteiger partial charge is 0.274 e. The summed E-state index contributed by atoms with van der Waals surface area (Å²) in [6.07, 6.45) is 1.48. The molecule has 4 aromatic rings. The van der Waals surface area contributed by atoms with Gasteiger partial charge in [0, 0.05) is 10.0 Å². The maximum Gasteiger partial charge on any atom is 0.274 e. The molecule has 0 fully saturated rings. The van der Waals surface area contributed by atoms with Crippen LogP contribution in [0.25, 0.3) is 10.8 Å². The van der Waals surface area contributed by atoms with Crippen LogP contribution < -0.4 is 10.2 Å². The van der Waals surface area contributed by atoms with Gasteiger partial charge in [-0.05, 0) is 52.7 Å². The van der Waals surface area contributed by atoms with E-state index in [1.807, 2.05) is 66.7 Å². The number of amides is 1. The SMILES string of the molecule is N#Cc1ccc(C(=O)NN=Cc2c(OCc3ccc(Br)cc3)ccc3ccccc23)c(F)c1. The van der Waals surface area contributed by atoms with Crippen LogP contribution in [0.1, 0.15) is 27.0 Å². The maximum atomic E-state index is 14.1. The van der Waals surface area contributed by atoms with Gasteiger partial charge in [-0.3, -0.25) is 4.79 Å². The Hall–Kier alpha value is -4.02. The minimum atomic E-state index is -0.787. The molecule has 5 nitrogen and oxygen atoms in total. The summed E-state index contributed by atoms with van der Waals surface area (Å²) in [7, 11) is 0. The Balaban J connectivity index is 1.58. The van der Waals surface area contributed by atoms with Gasteiger partial charge in [-0.2, -0.15) is 10.4 Å². The standard InChI is InChI=1S/C26H17BrFN3O2/c27-20-9-5-17(6-10-20)16-33-25-12-8-19-3-1-2-4-21(19)23(25)15-30-31-26(32)22-11-7-18(14-29)13-24(22)28/h1-13,15H,16H2,(H,31,32). The molecule has 0 atom stereocenters. The average Bonchev–Trinajstić information content (AvgIpc) is 2.84. The van der Waals surface area contributed by atoms with Crippen LogP contribution in [0.15, 0.2) is 88.4 Å². The van der Waals surface area contributed by atoms with Gasteiger partial charge < -0.3 is 4.74 Å². The highest BCUT2D eigenvalue weighted by Crippen LogP contribution is 2.27. The fourth-order valence-corrected chi connectivity index (χ4v) is 3.53. The van der Waals surface area contributed by atoms with Crippen LogP contribution in [0.4, 0.5) is 4.39 Å². The molecule has 0 heterocycles. The Morgan fingerprint density at radius 2 is 1.88 bits per heavy atom. The lowest BCUT2D eigenvalue weighted by atomic mass is 10.0. The third-order valence-corrected chi connectivity index (χ3v) is 5.47. The molecule has 7 heteroatoms. The van der Waals surface area contributed by atoms with Crippen LogP contribution in [-0.2, 0) is 6.61 Å². The molecule has 0 saturated heterocycles. The maximum absolute atomic E-state index is 14.1. The van der Waals surface area contributed by atoms with E-state index < -0.39 is 11.7 Å².